The third kappa shape index (κ3) is 3.46. The highest BCUT2D eigenvalue weighted by Crippen LogP contribution is 2.19. The second kappa shape index (κ2) is 5.53. The first kappa shape index (κ1) is 12.4. The van der Waals surface area contributed by atoms with Crippen molar-refractivity contribution >= 4 is 16.9 Å². The molecule has 1 fully saturated rings. The third-order valence-electron chi connectivity index (χ3n) is 2.71. The van der Waals surface area contributed by atoms with Crippen molar-refractivity contribution in [3.05, 3.63) is 11.7 Å². The minimum absolute atomic E-state index is 0.459. The van der Waals surface area contributed by atoms with Crippen LogP contribution in [0.15, 0.2) is 9.52 Å². The van der Waals surface area contributed by atoms with E-state index in [9.17, 15) is 0 Å². The molecule has 0 saturated carbocycles. The van der Waals surface area contributed by atoms with E-state index in [-0.39, 0.29) is 0 Å². The molecule has 17 heavy (non-hydrogen) atoms. The molecule has 1 aromatic rings. The summed E-state index contributed by atoms with van der Waals surface area (Å²) in [5.41, 5.74) is 0. The number of hydrogen-bond acceptors (Lipinski definition) is 5. The van der Waals surface area contributed by atoms with Gasteiger partial charge in [-0.05, 0) is 19.3 Å². The van der Waals surface area contributed by atoms with Crippen molar-refractivity contribution in [1.29, 1.82) is 0 Å². The zero-order chi connectivity index (χ0) is 12.3. The van der Waals surface area contributed by atoms with Gasteiger partial charge in [0.15, 0.2) is 11.0 Å². The lowest BCUT2D eigenvalue weighted by Gasteiger charge is -2.28. The molecule has 1 aromatic heterocycles. The van der Waals surface area contributed by atoms with Gasteiger partial charge in [-0.25, -0.2) is 0 Å². The molecule has 0 bridgehead atoms. The van der Waals surface area contributed by atoms with Gasteiger partial charge in [-0.3, -0.25) is 4.99 Å². The summed E-state index contributed by atoms with van der Waals surface area (Å²) in [7, 11) is 0. The van der Waals surface area contributed by atoms with Gasteiger partial charge < -0.3 is 9.84 Å². The first-order chi connectivity index (χ1) is 8.15. The fourth-order valence-electron chi connectivity index (χ4n) is 1.69. The highest BCUT2D eigenvalue weighted by atomic mass is 32.2. The van der Waals surface area contributed by atoms with E-state index in [4.69, 9.17) is 4.52 Å². The van der Waals surface area contributed by atoms with E-state index in [2.05, 4.69) is 34.3 Å². The Morgan fingerprint density at radius 2 is 2.41 bits per heavy atom. The highest BCUT2D eigenvalue weighted by molar-refractivity contribution is 8.13. The van der Waals surface area contributed by atoms with Crippen LogP contribution in [-0.4, -0.2) is 27.1 Å². The monoisotopic (exact) mass is 254 g/mol. The summed E-state index contributed by atoms with van der Waals surface area (Å²) >= 11 is 1.76. The van der Waals surface area contributed by atoms with Gasteiger partial charge in [-0.2, -0.15) is 4.98 Å². The molecule has 1 N–H and O–H groups in total. The quantitative estimate of drug-likeness (QED) is 0.893. The van der Waals surface area contributed by atoms with Gasteiger partial charge >= 0.3 is 0 Å². The molecule has 1 atom stereocenters. The number of nitrogens with one attached hydrogen (secondary N) is 1. The number of hydrogen-bond donors (Lipinski definition) is 1. The van der Waals surface area contributed by atoms with Gasteiger partial charge in [0.25, 0.3) is 0 Å². The Morgan fingerprint density at radius 1 is 1.59 bits per heavy atom. The first-order valence-corrected chi connectivity index (χ1v) is 6.86. The lowest BCUT2D eigenvalue weighted by molar-refractivity contribution is 0.376. The van der Waals surface area contributed by atoms with Crippen molar-refractivity contribution < 1.29 is 4.52 Å². The molecule has 0 amide bonds. The first-order valence-electron chi connectivity index (χ1n) is 5.88. The second-order valence-corrected chi connectivity index (χ2v) is 5.57. The minimum atomic E-state index is 0.459. The average molecular weight is 254 g/mol. The van der Waals surface area contributed by atoms with Gasteiger partial charge in [0.1, 0.15) is 6.54 Å². The summed E-state index contributed by atoms with van der Waals surface area (Å²) in [6, 6.07) is 0.527. The number of thioether (sulfide) groups is 1. The number of aromatic nitrogens is 2. The standard InChI is InChI=1S/C11H18N4OS/c1-7(2)9-4-5-17-11(14-9)12-6-10-13-8(3)15-16-10/h7,9H,4-6H2,1-3H3,(H,12,14). The lowest BCUT2D eigenvalue weighted by Crippen LogP contribution is -2.41. The molecule has 1 unspecified atom stereocenters. The maximum atomic E-state index is 5.02. The fraction of sp³-hybridized carbons (Fsp3) is 0.727. The molecule has 0 radical (unpaired) electrons. The molecule has 5 nitrogen and oxygen atoms in total. The largest absolute Gasteiger partial charge is 0.362 e. The predicted octanol–water partition coefficient (Wildman–Crippen LogP) is 1.99. The van der Waals surface area contributed by atoms with Gasteiger partial charge in [0.2, 0.25) is 5.89 Å². The van der Waals surface area contributed by atoms with E-state index in [0.29, 0.717) is 30.2 Å². The Hall–Kier alpha value is -1.04. The molecule has 1 aliphatic heterocycles. The molecule has 6 heteroatoms. The molecular formula is C11H18N4OS. The van der Waals surface area contributed by atoms with Crippen LogP contribution < -0.4 is 5.32 Å². The molecule has 2 rings (SSSR count). The molecular weight excluding hydrogens is 236 g/mol. The van der Waals surface area contributed by atoms with Crippen molar-refractivity contribution in [3.8, 4) is 0 Å². The van der Waals surface area contributed by atoms with Crippen molar-refractivity contribution in [2.45, 2.75) is 39.8 Å². The van der Waals surface area contributed by atoms with E-state index < -0.39 is 0 Å². The molecule has 94 valence electrons. The Balaban J connectivity index is 1.93. The van der Waals surface area contributed by atoms with Crippen LogP contribution in [0.25, 0.3) is 0 Å². The van der Waals surface area contributed by atoms with Crippen LogP contribution in [-0.2, 0) is 6.54 Å². The van der Waals surface area contributed by atoms with Crippen LogP contribution in [0.1, 0.15) is 32.0 Å². The smallest absolute Gasteiger partial charge is 0.248 e. The van der Waals surface area contributed by atoms with Gasteiger partial charge in [0.05, 0.1) is 0 Å². The summed E-state index contributed by atoms with van der Waals surface area (Å²) in [4.78, 5) is 8.60. The average Bonchev–Trinajstić information content (AvgIpc) is 2.73. The van der Waals surface area contributed by atoms with Crippen molar-refractivity contribution in [2.24, 2.45) is 10.9 Å². The number of nitrogens with zero attached hydrogens (tertiary/aromatic N) is 3. The van der Waals surface area contributed by atoms with Crippen LogP contribution in [0.3, 0.4) is 0 Å². The van der Waals surface area contributed by atoms with Crippen LogP contribution in [0.5, 0.6) is 0 Å². The summed E-state index contributed by atoms with van der Waals surface area (Å²) in [5, 5.41) is 8.19. The Labute approximate surface area is 105 Å². The zero-order valence-corrected chi connectivity index (χ0v) is 11.3. The summed E-state index contributed by atoms with van der Waals surface area (Å²) in [6.07, 6.45) is 1.20. The SMILES string of the molecule is Cc1noc(CN=C2NC(C(C)C)CCS2)n1. The normalized spacial score (nSPS) is 23.1. The van der Waals surface area contributed by atoms with Gasteiger partial charge in [-0.15, -0.1) is 0 Å². The zero-order valence-electron chi connectivity index (χ0n) is 10.4. The second-order valence-electron chi connectivity index (χ2n) is 4.49. The minimum Gasteiger partial charge on any atom is -0.362 e. The fourth-order valence-corrected chi connectivity index (χ4v) is 2.65. The Kier molecular flexibility index (Phi) is 4.04. The van der Waals surface area contributed by atoms with E-state index in [1.807, 2.05) is 6.92 Å². The lowest BCUT2D eigenvalue weighted by atomic mass is 10.0. The maximum absolute atomic E-state index is 5.02. The Bertz CT molecular complexity index is 402. The number of amidine groups is 1. The molecule has 0 aromatic carbocycles. The molecule has 1 aliphatic rings. The van der Waals surface area contributed by atoms with Gasteiger partial charge in [0, 0.05) is 11.8 Å². The van der Waals surface area contributed by atoms with E-state index in [1.165, 1.54) is 6.42 Å². The van der Waals surface area contributed by atoms with Gasteiger partial charge in [-0.1, -0.05) is 30.8 Å². The summed E-state index contributed by atoms with van der Waals surface area (Å²) < 4.78 is 5.02. The molecule has 0 aliphatic carbocycles. The maximum Gasteiger partial charge on any atom is 0.248 e. The van der Waals surface area contributed by atoms with Crippen molar-refractivity contribution in [2.75, 3.05) is 5.75 Å². The number of aryl methyl sites for hydroxylation is 1. The van der Waals surface area contributed by atoms with E-state index in [1.54, 1.807) is 11.8 Å². The number of rotatable bonds is 3. The molecule has 1 saturated heterocycles. The van der Waals surface area contributed by atoms with Crippen LogP contribution in [0, 0.1) is 12.8 Å². The summed E-state index contributed by atoms with van der Waals surface area (Å²) in [6.45, 7) is 6.73. The third-order valence-corrected chi connectivity index (χ3v) is 3.67. The number of aliphatic imine (C=N–C) groups is 1. The summed E-state index contributed by atoms with van der Waals surface area (Å²) in [5.74, 6) is 2.98. The molecule has 2 heterocycles. The van der Waals surface area contributed by atoms with Crippen LogP contribution >= 0.6 is 11.8 Å². The topological polar surface area (TPSA) is 63.3 Å². The van der Waals surface area contributed by atoms with Crippen molar-refractivity contribution in [1.82, 2.24) is 15.5 Å². The molecule has 0 spiro atoms. The van der Waals surface area contributed by atoms with Crippen LogP contribution in [0.2, 0.25) is 0 Å². The highest BCUT2D eigenvalue weighted by Gasteiger charge is 2.20. The van der Waals surface area contributed by atoms with Crippen molar-refractivity contribution in [3.63, 3.8) is 0 Å². The van der Waals surface area contributed by atoms with E-state index in [0.717, 1.165) is 10.9 Å². The van der Waals surface area contributed by atoms with E-state index >= 15 is 0 Å². The predicted molar refractivity (Wildman–Crippen MR) is 69.0 cm³/mol. The Morgan fingerprint density at radius 3 is 3.06 bits per heavy atom. The van der Waals surface area contributed by atoms with Crippen LogP contribution in [0.4, 0.5) is 0 Å².